The summed E-state index contributed by atoms with van der Waals surface area (Å²) in [5, 5.41) is 11.8. The summed E-state index contributed by atoms with van der Waals surface area (Å²) >= 11 is 0. The summed E-state index contributed by atoms with van der Waals surface area (Å²) < 4.78 is 0. The molecule has 1 rings (SSSR count). The van der Waals surface area contributed by atoms with Crippen LogP contribution in [0.15, 0.2) is 18.3 Å². The van der Waals surface area contributed by atoms with Crippen LogP contribution in [0.25, 0.3) is 0 Å². The van der Waals surface area contributed by atoms with Gasteiger partial charge in [0.15, 0.2) is 0 Å². The van der Waals surface area contributed by atoms with E-state index in [9.17, 15) is 4.79 Å². The van der Waals surface area contributed by atoms with E-state index in [1.165, 1.54) is 11.1 Å². The number of carbonyl (C=O) groups is 1. The number of nitrogens with one attached hydrogen (secondary N) is 1. The minimum atomic E-state index is -0.135. The first-order valence-corrected chi connectivity index (χ1v) is 5.25. The van der Waals surface area contributed by atoms with Crippen molar-refractivity contribution in [1.82, 2.24) is 9.88 Å². The Morgan fingerprint density at radius 2 is 2.31 bits per heavy atom. The molecule has 1 aromatic rings. The normalized spacial score (nSPS) is 9.94. The highest BCUT2D eigenvalue weighted by Crippen LogP contribution is 2.06. The number of aliphatic hydroxyl groups is 1. The maximum absolute atomic E-state index is 11.8. The highest BCUT2D eigenvalue weighted by molar-refractivity contribution is 5.93. The number of likely N-dealkylation sites (N-methyl/N-ethyl adjacent to an activating group) is 1. The van der Waals surface area contributed by atoms with Gasteiger partial charge in [0.1, 0.15) is 5.82 Å². The molecule has 1 heterocycles. The summed E-state index contributed by atoms with van der Waals surface area (Å²) in [7, 11) is 1.65. The van der Waals surface area contributed by atoms with E-state index in [1.807, 2.05) is 6.92 Å². The number of pyridine rings is 1. The summed E-state index contributed by atoms with van der Waals surface area (Å²) in [5.74, 6) is 0.619. The van der Waals surface area contributed by atoms with Crippen LogP contribution in [0.4, 0.5) is 5.82 Å². The van der Waals surface area contributed by atoms with Crippen LogP contribution in [0.5, 0.6) is 0 Å². The maximum atomic E-state index is 11.8. The number of carbonyl (C=O) groups excluding carboxylic acids is 1. The number of aromatic nitrogens is 1. The standard InChI is InChI=1S/C11H17N3O2/c1-3-12-10-5-4-9(8-13-10)11(16)14(2)6-7-15/h4-5,8,15H,3,6-7H2,1-2H3,(H,12,13). The lowest BCUT2D eigenvalue weighted by Crippen LogP contribution is -2.29. The Bertz CT molecular complexity index is 338. The zero-order valence-electron chi connectivity index (χ0n) is 9.60. The highest BCUT2D eigenvalue weighted by Gasteiger charge is 2.10. The van der Waals surface area contributed by atoms with Crippen LogP contribution in [0.2, 0.25) is 0 Å². The number of hydrogen-bond donors (Lipinski definition) is 2. The Labute approximate surface area is 95.1 Å². The average molecular weight is 223 g/mol. The van der Waals surface area contributed by atoms with E-state index < -0.39 is 0 Å². The van der Waals surface area contributed by atoms with Gasteiger partial charge >= 0.3 is 0 Å². The molecule has 0 aliphatic carbocycles. The topological polar surface area (TPSA) is 65.5 Å². The van der Waals surface area contributed by atoms with Crippen molar-refractivity contribution in [3.8, 4) is 0 Å². The first-order chi connectivity index (χ1) is 7.69. The second kappa shape index (κ2) is 6.07. The number of amides is 1. The van der Waals surface area contributed by atoms with Gasteiger partial charge in [0.05, 0.1) is 12.2 Å². The number of anilines is 1. The molecule has 16 heavy (non-hydrogen) atoms. The van der Waals surface area contributed by atoms with Crippen LogP contribution in [-0.2, 0) is 0 Å². The molecule has 5 nitrogen and oxygen atoms in total. The van der Waals surface area contributed by atoms with Gasteiger partial charge in [-0.05, 0) is 19.1 Å². The van der Waals surface area contributed by atoms with Crippen LogP contribution in [-0.4, -0.2) is 47.6 Å². The van der Waals surface area contributed by atoms with E-state index >= 15 is 0 Å². The van der Waals surface area contributed by atoms with Crippen LogP contribution in [0.3, 0.4) is 0 Å². The predicted octanol–water partition coefficient (Wildman–Crippen LogP) is 0.578. The Morgan fingerprint density at radius 3 is 2.81 bits per heavy atom. The fraction of sp³-hybridized carbons (Fsp3) is 0.455. The zero-order chi connectivity index (χ0) is 12.0. The average Bonchev–Trinajstić information content (AvgIpc) is 2.30. The number of hydrogen-bond acceptors (Lipinski definition) is 4. The minimum Gasteiger partial charge on any atom is -0.395 e. The molecular formula is C11H17N3O2. The van der Waals surface area contributed by atoms with Crippen molar-refractivity contribution >= 4 is 11.7 Å². The van der Waals surface area contributed by atoms with E-state index in [0.29, 0.717) is 12.1 Å². The molecule has 0 radical (unpaired) electrons. The SMILES string of the molecule is CCNc1ccc(C(=O)N(C)CCO)cn1. The largest absolute Gasteiger partial charge is 0.395 e. The predicted molar refractivity (Wildman–Crippen MR) is 62.4 cm³/mol. The summed E-state index contributed by atoms with van der Waals surface area (Å²) in [5.41, 5.74) is 0.526. The fourth-order valence-electron chi connectivity index (χ4n) is 1.28. The van der Waals surface area contributed by atoms with Crippen LogP contribution in [0.1, 0.15) is 17.3 Å². The van der Waals surface area contributed by atoms with E-state index in [4.69, 9.17) is 5.11 Å². The third-order valence-electron chi connectivity index (χ3n) is 2.15. The lowest BCUT2D eigenvalue weighted by molar-refractivity contribution is 0.0766. The summed E-state index contributed by atoms with van der Waals surface area (Å²) in [6.07, 6.45) is 1.54. The Kier molecular flexibility index (Phi) is 4.72. The molecule has 88 valence electrons. The van der Waals surface area contributed by atoms with Gasteiger partial charge in [0, 0.05) is 26.3 Å². The molecule has 1 aromatic heterocycles. The molecule has 0 unspecified atom stereocenters. The maximum Gasteiger partial charge on any atom is 0.255 e. The zero-order valence-corrected chi connectivity index (χ0v) is 9.60. The number of nitrogens with zero attached hydrogens (tertiary/aromatic N) is 2. The van der Waals surface area contributed by atoms with E-state index in [-0.39, 0.29) is 12.5 Å². The third-order valence-corrected chi connectivity index (χ3v) is 2.15. The molecule has 2 N–H and O–H groups in total. The first kappa shape index (κ1) is 12.4. The van der Waals surface area contributed by atoms with Crippen LogP contribution < -0.4 is 5.32 Å². The van der Waals surface area contributed by atoms with Gasteiger partial charge in [-0.2, -0.15) is 0 Å². The smallest absolute Gasteiger partial charge is 0.255 e. The monoisotopic (exact) mass is 223 g/mol. The van der Waals surface area contributed by atoms with Crippen molar-refractivity contribution in [3.05, 3.63) is 23.9 Å². The van der Waals surface area contributed by atoms with Crippen molar-refractivity contribution in [2.75, 3.05) is 32.1 Å². The molecule has 5 heteroatoms. The summed E-state index contributed by atoms with van der Waals surface area (Å²) in [4.78, 5) is 17.3. The molecule has 0 fully saturated rings. The van der Waals surface area contributed by atoms with Gasteiger partial charge in [-0.3, -0.25) is 4.79 Å². The molecule has 0 aromatic carbocycles. The molecule has 0 saturated carbocycles. The molecule has 0 bridgehead atoms. The number of rotatable bonds is 5. The second-order valence-electron chi connectivity index (χ2n) is 3.41. The highest BCUT2D eigenvalue weighted by atomic mass is 16.3. The first-order valence-electron chi connectivity index (χ1n) is 5.25. The Hall–Kier alpha value is -1.62. The van der Waals surface area contributed by atoms with Crippen LogP contribution in [0, 0.1) is 0 Å². The van der Waals surface area contributed by atoms with E-state index in [0.717, 1.165) is 12.4 Å². The Balaban J connectivity index is 2.69. The van der Waals surface area contributed by atoms with Crippen molar-refractivity contribution < 1.29 is 9.90 Å². The summed E-state index contributed by atoms with van der Waals surface area (Å²) in [6.45, 7) is 3.07. The minimum absolute atomic E-state index is 0.0366. The molecule has 0 atom stereocenters. The lowest BCUT2D eigenvalue weighted by Gasteiger charge is -2.15. The lowest BCUT2D eigenvalue weighted by atomic mass is 10.2. The second-order valence-corrected chi connectivity index (χ2v) is 3.41. The van der Waals surface area contributed by atoms with Gasteiger partial charge in [0.25, 0.3) is 5.91 Å². The Morgan fingerprint density at radius 1 is 1.56 bits per heavy atom. The molecule has 0 spiro atoms. The fourth-order valence-corrected chi connectivity index (χ4v) is 1.28. The van der Waals surface area contributed by atoms with Crippen molar-refractivity contribution in [3.63, 3.8) is 0 Å². The summed E-state index contributed by atoms with van der Waals surface area (Å²) in [6, 6.07) is 3.49. The molecule has 0 aliphatic rings. The van der Waals surface area contributed by atoms with Crippen LogP contribution >= 0.6 is 0 Å². The van der Waals surface area contributed by atoms with Gasteiger partial charge in [-0.25, -0.2) is 4.98 Å². The molecular weight excluding hydrogens is 206 g/mol. The van der Waals surface area contributed by atoms with Crippen molar-refractivity contribution in [2.24, 2.45) is 0 Å². The molecule has 0 saturated heterocycles. The van der Waals surface area contributed by atoms with Gasteiger partial charge in [-0.15, -0.1) is 0 Å². The quantitative estimate of drug-likeness (QED) is 0.766. The molecule has 0 aliphatic heterocycles. The van der Waals surface area contributed by atoms with Gasteiger partial charge in [0.2, 0.25) is 0 Å². The number of aliphatic hydroxyl groups excluding tert-OH is 1. The van der Waals surface area contributed by atoms with Gasteiger partial charge in [-0.1, -0.05) is 0 Å². The molecule has 1 amide bonds. The van der Waals surface area contributed by atoms with E-state index in [1.54, 1.807) is 19.2 Å². The van der Waals surface area contributed by atoms with Gasteiger partial charge < -0.3 is 15.3 Å². The van der Waals surface area contributed by atoms with Crippen molar-refractivity contribution in [2.45, 2.75) is 6.92 Å². The van der Waals surface area contributed by atoms with Crippen molar-refractivity contribution in [1.29, 1.82) is 0 Å². The third kappa shape index (κ3) is 3.20. The van der Waals surface area contributed by atoms with E-state index in [2.05, 4.69) is 10.3 Å².